The molecule has 0 fully saturated rings. The van der Waals surface area contributed by atoms with Crippen LogP contribution in [0, 0.1) is 0 Å². The fourth-order valence-corrected chi connectivity index (χ4v) is 1.69. The van der Waals surface area contributed by atoms with Gasteiger partial charge >= 0.3 is 6.18 Å². The Morgan fingerprint density at radius 2 is 1.89 bits per heavy atom. The van der Waals surface area contributed by atoms with Crippen LogP contribution in [0.4, 0.5) is 24.5 Å². The van der Waals surface area contributed by atoms with E-state index in [9.17, 15) is 13.2 Å². The number of pyridine rings is 1. The molecule has 0 saturated carbocycles. The molecular weight excluding hydrogens is 255 g/mol. The smallest absolute Gasteiger partial charge is 0.397 e. The van der Waals surface area contributed by atoms with E-state index in [1.807, 2.05) is 0 Å². The molecule has 0 aliphatic heterocycles. The summed E-state index contributed by atoms with van der Waals surface area (Å²) in [5.74, 6) is 0. The summed E-state index contributed by atoms with van der Waals surface area (Å²) in [7, 11) is 0. The van der Waals surface area contributed by atoms with Crippen molar-refractivity contribution in [2.75, 3.05) is 11.1 Å². The minimum atomic E-state index is -4.38. The van der Waals surface area contributed by atoms with Crippen LogP contribution in [0.25, 0.3) is 0 Å². The molecule has 3 nitrogen and oxygen atoms in total. The summed E-state index contributed by atoms with van der Waals surface area (Å²) in [6.07, 6.45) is -1.34. The normalized spacial score (nSPS) is 11.3. The van der Waals surface area contributed by atoms with Crippen molar-refractivity contribution < 1.29 is 13.2 Å². The first-order valence-corrected chi connectivity index (χ1v) is 5.56. The summed E-state index contributed by atoms with van der Waals surface area (Å²) >= 11 is 0. The largest absolute Gasteiger partial charge is 0.418 e. The monoisotopic (exact) mass is 267 g/mol. The maximum absolute atomic E-state index is 12.8. The van der Waals surface area contributed by atoms with Gasteiger partial charge in [-0.15, -0.1) is 0 Å². The van der Waals surface area contributed by atoms with Crippen LogP contribution in [0.1, 0.15) is 11.1 Å². The molecule has 0 radical (unpaired) electrons. The van der Waals surface area contributed by atoms with E-state index >= 15 is 0 Å². The Kier molecular flexibility index (Phi) is 3.59. The van der Waals surface area contributed by atoms with Crippen molar-refractivity contribution in [1.29, 1.82) is 0 Å². The van der Waals surface area contributed by atoms with Crippen LogP contribution in [0.2, 0.25) is 0 Å². The van der Waals surface area contributed by atoms with E-state index in [2.05, 4.69) is 10.3 Å². The molecule has 3 N–H and O–H groups in total. The van der Waals surface area contributed by atoms with Crippen LogP contribution >= 0.6 is 0 Å². The summed E-state index contributed by atoms with van der Waals surface area (Å²) in [5, 5.41) is 2.75. The van der Waals surface area contributed by atoms with Crippen LogP contribution < -0.4 is 11.1 Å². The van der Waals surface area contributed by atoms with Gasteiger partial charge in [0.1, 0.15) is 0 Å². The molecule has 1 aromatic carbocycles. The second kappa shape index (κ2) is 5.17. The summed E-state index contributed by atoms with van der Waals surface area (Å²) < 4.78 is 38.3. The molecule has 0 saturated heterocycles. The van der Waals surface area contributed by atoms with Gasteiger partial charge in [0.15, 0.2) is 0 Å². The zero-order valence-corrected chi connectivity index (χ0v) is 9.91. The molecule has 1 aromatic heterocycles. The number of alkyl halides is 3. The van der Waals surface area contributed by atoms with Crippen LogP contribution in [0.15, 0.2) is 42.7 Å². The summed E-state index contributed by atoms with van der Waals surface area (Å²) in [6.45, 7) is 0.227. The van der Waals surface area contributed by atoms with E-state index in [0.717, 1.165) is 11.6 Å². The molecule has 100 valence electrons. The Morgan fingerprint density at radius 1 is 1.16 bits per heavy atom. The third-order valence-electron chi connectivity index (χ3n) is 2.53. The molecule has 0 atom stereocenters. The SMILES string of the molecule is Nc1cncc(CNc2ccccc2C(F)(F)F)c1. The van der Waals surface area contributed by atoms with E-state index in [-0.39, 0.29) is 12.2 Å². The van der Waals surface area contributed by atoms with E-state index in [4.69, 9.17) is 5.73 Å². The van der Waals surface area contributed by atoms with Gasteiger partial charge in [0.2, 0.25) is 0 Å². The standard InChI is InChI=1S/C13H12F3N3/c14-13(15,16)11-3-1-2-4-12(11)19-7-9-5-10(17)8-18-6-9/h1-6,8,19H,7,17H2. The van der Waals surface area contributed by atoms with E-state index in [0.29, 0.717) is 5.69 Å². The lowest BCUT2D eigenvalue weighted by atomic mass is 10.1. The number of nitrogens with zero attached hydrogens (tertiary/aromatic N) is 1. The number of para-hydroxylation sites is 1. The first kappa shape index (κ1) is 13.2. The second-order valence-corrected chi connectivity index (χ2v) is 4.02. The Morgan fingerprint density at radius 3 is 2.58 bits per heavy atom. The first-order chi connectivity index (χ1) is 8.97. The van der Waals surface area contributed by atoms with Crippen molar-refractivity contribution in [3.8, 4) is 0 Å². The molecule has 0 aliphatic carbocycles. The topological polar surface area (TPSA) is 50.9 Å². The van der Waals surface area contributed by atoms with Gasteiger partial charge in [-0.1, -0.05) is 12.1 Å². The van der Waals surface area contributed by atoms with Crippen molar-refractivity contribution in [3.05, 3.63) is 53.9 Å². The summed E-state index contributed by atoms with van der Waals surface area (Å²) in [6, 6.07) is 7.00. The van der Waals surface area contributed by atoms with Crippen molar-refractivity contribution >= 4 is 11.4 Å². The zero-order chi connectivity index (χ0) is 13.9. The number of aromatic nitrogens is 1. The molecular formula is C13H12F3N3. The van der Waals surface area contributed by atoms with Crippen molar-refractivity contribution in [3.63, 3.8) is 0 Å². The number of nitrogens with two attached hydrogens (primary N) is 1. The lowest BCUT2D eigenvalue weighted by molar-refractivity contribution is -0.136. The van der Waals surface area contributed by atoms with Crippen LogP contribution in [0.3, 0.4) is 0 Å². The molecule has 6 heteroatoms. The van der Waals surface area contributed by atoms with Gasteiger partial charge in [-0.3, -0.25) is 4.98 Å². The predicted molar refractivity (Wildman–Crippen MR) is 67.4 cm³/mol. The average Bonchev–Trinajstić information content (AvgIpc) is 2.36. The lowest BCUT2D eigenvalue weighted by Gasteiger charge is -2.14. The lowest BCUT2D eigenvalue weighted by Crippen LogP contribution is -2.10. The number of rotatable bonds is 3. The molecule has 0 amide bonds. The van der Waals surface area contributed by atoms with Gasteiger partial charge in [-0.25, -0.2) is 0 Å². The Labute approximate surface area is 108 Å². The van der Waals surface area contributed by atoms with Gasteiger partial charge < -0.3 is 11.1 Å². The van der Waals surface area contributed by atoms with Crippen molar-refractivity contribution in [2.45, 2.75) is 12.7 Å². The molecule has 0 bridgehead atoms. The number of hydrogen-bond donors (Lipinski definition) is 2. The number of nitrogens with one attached hydrogen (secondary N) is 1. The highest BCUT2D eigenvalue weighted by Gasteiger charge is 2.32. The highest BCUT2D eigenvalue weighted by Crippen LogP contribution is 2.34. The second-order valence-electron chi connectivity index (χ2n) is 4.02. The number of hydrogen-bond acceptors (Lipinski definition) is 3. The predicted octanol–water partition coefficient (Wildman–Crippen LogP) is 3.29. The maximum atomic E-state index is 12.8. The number of anilines is 2. The van der Waals surface area contributed by atoms with Crippen LogP contribution in [-0.2, 0) is 12.7 Å². The van der Waals surface area contributed by atoms with E-state index < -0.39 is 11.7 Å². The molecule has 19 heavy (non-hydrogen) atoms. The molecule has 2 rings (SSSR count). The third-order valence-corrected chi connectivity index (χ3v) is 2.53. The number of halogens is 3. The van der Waals surface area contributed by atoms with Crippen molar-refractivity contribution in [1.82, 2.24) is 4.98 Å². The third kappa shape index (κ3) is 3.37. The molecule has 0 spiro atoms. The Hall–Kier alpha value is -2.24. The van der Waals surface area contributed by atoms with Gasteiger partial charge in [0, 0.05) is 24.6 Å². The fraction of sp³-hybridized carbons (Fsp3) is 0.154. The van der Waals surface area contributed by atoms with Crippen LogP contribution in [0.5, 0.6) is 0 Å². The fourth-order valence-electron chi connectivity index (χ4n) is 1.69. The Balaban J connectivity index is 2.16. The van der Waals surface area contributed by atoms with Gasteiger partial charge in [0.25, 0.3) is 0 Å². The number of benzene rings is 1. The quantitative estimate of drug-likeness (QED) is 0.897. The van der Waals surface area contributed by atoms with Gasteiger partial charge in [0.05, 0.1) is 11.3 Å². The average molecular weight is 267 g/mol. The number of nitrogen functional groups attached to an aromatic ring is 1. The van der Waals surface area contributed by atoms with E-state index in [1.165, 1.54) is 18.3 Å². The molecule has 0 unspecified atom stereocenters. The van der Waals surface area contributed by atoms with Crippen LogP contribution in [-0.4, -0.2) is 4.98 Å². The molecule has 2 aromatic rings. The minimum absolute atomic E-state index is 0.0393. The highest BCUT2D eigenvalue weighted by molar-refractivity contribution is 5.53. The highest BCUT2D eigenvalue weighted by atomic mass is 19.4. The Bertz CT molecular complexity index is 567. The van der Waals surface area contributed by atoms with Crippen molar-refractivity contribution in [2.24, 2.45) is 0 Å². The minimum Gasteiger partial charge on any atom is -0.397 e. The maximum Gasteiger partial charge on any atom is 0.418 e. The zero-order valence-electron chi connectivity index (χ0n) is 9.91. The first-order valence-electron chi connectivity index (χ1n) is 5.56. The van der Waals surface area contributed by atoms with Gasteiger partial charge in [-0.2, -0.15) is 13.2 Å². The summed E-state index contributed by atoms with van der Waals surface area (Å²) in [5.41, 5.74) is 6.10. The van der Waals surface area contributed by atoms with E-state index in [1.54, 1.807) is 18.3 Å². The molecule has 0 aliphatic rings. The van der Waals surface area contributed by atoms with Gasteiger partial charge in [-0.05, 0) is 23.8 Å². The molecule has 1 heterocycles. The summed E-state index contributed by atoms with van der Waals surface area (Å²) in [4.78, 5) is 3.88.